The van der Waals surface area contributed by atoms with Gasteiger partial charge in [0.05, 0.1) is 4.92 Å². The van der Waals surface area contributed by atoms with Gasteiger partial charge in [-0.1, -0.05) is 6.92 Å². The number of hydrogen-bond acceptors (Lipinski definition) is 7. The summed E-state index contributed by atoms with van der Waals surface area (Å²) in [5.74, 6) is -1.17. The summed E-state index contributed by atoms with van der Waals surface area (Å²) in [6.07, 6.45) is 2.61. The number of pyridine rings is 1. The lowest BCUT2D eigenvalue weighted by atomic mass is 10.2. The van der Waals surface area contributed by atoms with Gasteiger partial charge in [-0.2, -0.15) is 0 Å². The molecule has 2 heterocycles. The lowest BCUT2D eigenvalue weighted by Gasteiger charge is -2.37. The summed E-state index contributed by atoms with van der Waals surface area (Å²) in [7, 11) is 0. The van der Waals surface area contributed by atoms with Crippen molar-refractivity contribution in [1.82, 2.24) is 4.98 Å². The van der Waals surface area contributed by atoms with Gasteiger partial charge in [0.25, 0.3) is 0 Å². The fraction of sp³-hybridized carbons (Fsp3) is 0.368. The summed E-state index contributed by atoms with van der Waals surface area (Å²) in [6, 6.07) is 8.58. The molecule has 1 unspecified atom stereocenters. The Morgan fingerprint density at radius 3 is 2.32 bits per heavy atom. The first-order chi connectivity index (χ1) is 13.5. The minimum Gasteiger partial charge on any atom is -0.479 e. The predicted octanol–water partition coefficient (Wildman–Crippen LogP) is 2.56. The van der Waals surface area contributed by atoms with Crippen molar-refractivity contribution >= 4 is 23.0 Å². The minimum atomic E-state index is -1.15. The van der Waals surface area contributed by atoms with Crippen molar-refractivity contribution < 1.29 is 19.6 Å². The smallest absolute Gasteiger partial charge is 0.344 e. The van der Waals surface area contributed by atoms with E-state index in [1.807, 2.05) is 12.1 Å². The Hall–Kier alpha value is -3.36. The molecule has 9 heteroatoms. The van der Waals surface area contributed by atoms with Gasteiger partial charge in [0, 0.05) is 56.0 Å². The standard InChI is InChI=1S/C19H22N4O5/c1-2-17(19(24)25)28-18-4-3-15(13-16(18)23(26)27)22-11-9-21(10-12-22)14-5-7-20-8-6-14/h3-8,13,17H,2,9-12H2,1H3,(H,24,25). The van der Waals surface area contributed by atoms with Gasteiger partial charge in [-0.25, -0.2) is 4.79 Å². The number of benzene rings is 1. The zero-order chi connectivity index (χ0) is 20.1. The zero-order valence-corrected chi connectivity index (χ0v) is 15.5. The van der Waals surface area contributed by atoms with Gasteiger partial charge in [-0.15, -0.1) is 0 Å². The van der Waals surface area contributed by atoms with Crippen LogP contribution in [0.4, 0.5) is 17.1 Å². The molecule has 1 N–H and O–H groups in total. The Labute approximate surface area is 162 Å². The molecule has 1 atom stereocenters. The maximum absolute atomic E-state index is 11.5. The van der Waals surface area contributed by atoms with E-state index in [4.69, 9.17) is 9.84 Å². The third kappa shape index (κ3) is 4.30. The Balaban J connectivity index is 1.74. The fourth-order valence-corrected chi connectivity index (χ4v) is 3.18. The summed E-state index contributed by atoms with van der Waals surface area (Å²) < 4.78 is 5.36. The molecule has 1 aromatic carbocycles. The topological polar surface area (TPSA) is 109 Å². The molecule has 0 amide bonds. The molecule has 0 bridgehead atoms. The highest BCUT2D eigenvalue weighted by Gasteiger charge is 2.25. The van der Waals surface area contributed by atoms with E-state index in [1.54, 1.807) is 25.4 Å². The first-order valence-corrected chi connectivity index (χ1v) is 9.07. The van der Waals surface area contributed by atoms with Crippen LogP contribution in [0.2, 0.25) is 0 Å². The number of piperazine rings is 1. The van der Waals surface area contributed by atoms with E-state index in [0.29, 0.717) is 13.1 Å². The lowest BCUT2D eigenvalue weighted by Crippen LogP contribution is -2.46. The van der Waals surface area contributed by atoms with Crippen LogP contribution in [0.25, 0.3) is 0 Å². The highest BCUT2D eigenvalue weighted by molar-refractivity contribution is 5.73. The molecule has 1 aliphatic heterocycles. The number of ether oxygens (including phenoxy) is 1. The second-order valence-corrected chi connectivity index (χ2v) is 6.44. The number of carboxylic acids is 1. The third-order valence-corrected chi connectivity index (χ3v) is 4.73. The average Bonchev–Trinajstić information content (AvgIpc) is 2.72. The number of nitro benzene ring substituents is 1. The van der Waals surface area contributed by atoms with E-state index in [2.05, 4.69) is 14.8 Å². The summed E-state index contributed by atoms with van der Waals surface area (Å²) in [5, 5.41) is 20.6. The molecule has 9 nitrogen and oxygen atoms in total. The number of anilines is 2. The largest absolute Gasteiger partial charge is 0.479 e. The molecule has 0 spiro atoms. The van der Waals surface area contributed by atoms with Crippen LogP contribution in [-0.2, 0) is 4.79 Å². The molecule has 0 aliphatic carbocycles. The van der Waals surface area contributed by atoms with Crippen molar-refractivity contribution in [2.75, 3.05) is 36.0 Å². The van der Waals surface area contributed by atoms with Crippen molar-refractivity contribution in [3.63, 3.8) is 0 Å². The first-order valence-electron chi connectivity index (χ1n) is 9.07. The molecular weight excluding hydrogens is 364 g/mol. The molecule has 1 aliphatic rings. The van der Waals surface area contributed by atoms with Crippen LogP contribution in [0.1, 0.15) is 13.3 Å². The van der Waals surface area contributed by atoms with Crippen molar-refractivity contribution in [3.05, 3.63) is 52.8 Å². The minimum absolute atomic E-state index is 0.0292. The van der Waals surface area contributed by atoms with Gasteiger partial charge >= 0.3 is 11.7 Å². The monoisotopic (exact) mass is 386 g/mol. The van der Waals surface area contributed by atoms with Crippen molar-refractivity contribution in [3.8, 4) is 5.75 Å². The van der Waals surface area contributed by atoms with E-state index in [9.17, 15) is 14.9 Å². The molecule has 0 saturated carbocycles. The third-order valence-electron chi connectivity index (χ3n) is 4.73. The van der Waals surface area contributed by atoms with Crippen LogP contribution < -0.4 is 14.5 Å². The Bertz CT molecular complexity index is 837. The summed E-state index contributed by atoms with van der Waals surface area (Å²) >= 11 is 0. The van der Waals surface area contributed by atoms with Gasteiger partial charge in [-0.05, 0) is 30.7 Å². The summed E-state index contributed by atoms with van der Waals surface area (Å²) in [4.78, 5) is 30.4. The van der Waals surface area contributed by atoms with Crippen molar-refractivity contribution in [1.29, 1.82) is 0 Å². The molecule has 28 heavy (non-hydrogen) atoms. The predicted molar refractivity (Wildman–Crippen MR) is 104 cm³/mol. The van der Waals surface area contributed by atoms with E-state index in [-0.39, 0.29) is 17.9 Å². The molecular formula is C19H22N4O5. The van der Waals surface area contributed by atoms with Crippen LogP contribution in [0.15, 0.2) is 42.7 Å². The van der Waals surface area contributed by atoms with Crippen LogP contribution in [-0.4, -0.2) is 53.3 Å². The number of nitrogens with zero attached hydrogens (tertiary/aromatic N) is 4. The van der Waals surface area contributed by atoms with Crippen molar-refractivity contribution in [2.24, 2.45) is 0 Å². The summed E-state index contributed by atoms with van der Waals surface area (Å²) in [5.41, 5.74) is 1.59. The lowest BCUT2D eigenvalue weighted by molar-refractivity contribution is -0.386. The molecule has 1 aromatic heterocycles. The van der Waals surface area contributed by atoms with Gasteiger partial charge in [0.1, 0.15) is 0 Å². The van der Waals surface area contributed by atoms with Gasteiger partial charge < -0.3 is 19.6 Å². The second-order valence-electron chi connectivity index (χ2n) is 6.44. The van der Waals surface area contributed by atoms with E-state index < -0.39 is 17.0 Å². The Kier molecular flexibility index (Phi) is 5.93. The maximum Gasteiger partial charge on any atom is 0.344 e. The van der Waals surface area contributed by atoms with Crippen molar-refractivity contribution in [2.45, 2.75) is 19.4 Å². The van der Waals surface area contributed by atoms with Crippen LogP contribution >= 0.6 is 0 Å². The van der Waals surface area contributed by atoms with Crippen LogP contribution in [0.3, 0.4) is 0 Å². The normalized spacial score (nSPS) is 15.2. The van der Waals surface area contributed by atoms with Gasteiger partial charge in [-0.3, -0.25) is 15.1 Å². The average molecular weight is 386 g/mol. The Morgan fingerprint density at radius 1 is 1.18 bits per heavy atom. The Morgan fingerprint density at radius 2 is 1.79 bits per heavy atom. The second kappa shape index (κ2) is 8.55. The first kappa shape index (κ1) is 19.4. The highest BCUT2D eigenvalue weighted by atomic mass is 16.6. The number of aliphatic carboxylic acids is 1. The highest BCUT2D eigenvalue weighted by Crippen LogP contribution is 2.33. The molecule has 1 fully saturated rings. The SMILES string of the molecule is CCC(Oc1ccc(N2CCN(c3ccncc3)CC2)cc1[N+](=O)[O-])C(=O)O. The molecule has 1 saturated heterocycles. The molecule has 0 radical (unpaired) electrons. The molecule has 148 valence electrons. The number of carboxylic acid groups (broad SMARTS) is 1. The number of aromatic nitrogens is 1. The number of carbonyl (C=O) groups is 1. The quantitative estimate of drug-likeness (QED) is 0.571. The van der Waals surface area contributed by atoms with E-state index in [0.717, 1.165) is 24.5 Å². The number of rotatable bonds is 7. The summed E-state index contributed by atoms with van der Waals surface area (Å²) in [6.45, 7) is 4.65. The number of nitro groups is 1. The van der Waals surface area contributed by atoms with E-state index >= 15 is 0 Å². The number of hydrogen-bond donors (Lipinski definition) is 1. The van der Waals surface area contributed by atoms with Gasteiger partial charge in [0.2, 0.25) is 0 Å². The fourth-order valence-electron chi connectivity index (χ4n) is 3.18. The van der Waals surface area contributed by atoms with Crippen LogP contribution in [0, 0.1) is 10.1 Å². The molecule has 3 rings (SSSR count). The maximum atomic E-state index is 11.5. The van der Waals surface area contributed by atoms with Crippen LogP contribution in [0.5, 0.6) is 5.75 Å². The molecule has 2 aromatic rings. The van der Waals surface area contributed by atoms with E-state index in [1.165, 1.54) is 12.1 Å². The zero-order valence-electron chi connectivity index (χ0n) is 15.5. The van der Waals surface area contributed by atoms with Gasteiger partial charge in [0.15, 0.2) is 11.9 Å².